The van der Waals surface area contributed by atoms with Gasteiger partial charge in [-0.05, 0) is 6.07 Å². The highest BCUT2D eigenvalue weighted by atomic mass is 16.7. The molecular weight excluding hydrogens is 396 g/mol. The number of nitrogens with zero attached hydrogens (tertiary/aromatic N) is 2. The standard InChI is InChI=1S/C19H18N4O7/c1-25-11-4-8(15(27-3)17-16(11)28-7-29-17)13-9(6-20)18(21)30-19-14(13)10(22-23-19)5-12(24)26-2/h4,13H,5,7,21H2,1-3H3,(H,22,23). The van der Waals surface area contributed by atoms with Gasteiger partial charge in [-0.3, -0.25) is 9.89 Å². The number of nitrogens with two attached hydrogens (primary N) is 1. The van der Waals surface area contributed by atoms with Crippen LogP contribution >= 0.6 is 0 Å². The predicted molar refractivity (Wildman–Crippen MR) is 99.3 cm³/mol. The number of nitrogens with one attached hydrogen (secondary N) is 1. The normalized spacial score (nSPS) is 16.4. The van der Waals surface area contributed by atoms with Gasteiger partial charge in [-0.1, -0.05) is 0 Å². The van der Waals surface area contributed by atoms with E-state index in [2.05, 4.69) is 16.3 Å². The van der Waals surface area contributed by atoms with E-state index in [0.29, 0.717) is 39.8 Å². The fraction of sp³-hybridized carbons (Fsp3) is 0.316. The Morgan fingerprint density at radius 2 is 2.10 bits per heavy atom. The lowest BCUT2D eigenvalue weighted by atomic mass is 9.82. The first-order valence-electron chi connectivity index (χ1n) is 8.80. The van der Waals surface area contributed by atoms with E-state index in [1.807, 2.05) is 0 Å². The Kier molecular flexibility index (Phi) is 4.75. The molecule has 0 amide bonds. The number of methoxy groups -OCH3 is 3. The first-order valence-corrected chi connectivity index (χ1v) is 8.80. The van der Waals surface area contributed by atoms with Gasteiger partial charge in [0.15, 0.2) is 11.5 Å². The molecule has 0 radical (unpaired) electrons. The van der Waals surface area contributed by atoms with Crippen LogP contribution in [-0.2, 0) is 16.0 Å². The molecule has 3 heterocycles. The van der Waals surface area contributed by atoms with Gasteiger partial charge in [-0.25, -0.2) is 0 Å². The van der Waals surface area contributed by atoms with Crippen molar-refractivity contribution in [3.05, 3.63) is 34.3 Å². The van der Waals surface area contributed by atoms with E-state index in [-0.39, 0.29) is 30.5 Å². The third kappa shape index (κ3) is 2.81. The highest BCUT2D eigenvalue weighted by Gasteiger charge is 2.40. The zero-order valence-electron chi connectivity index (χ0n) is 16.4. The molecule has 11 heteroatoms. The molecule has 0 saturated heterocycles. The maximum absolute atomic E-state index is 11.9. The summed E-state index contributed by atoms with van der Waals surface area (Å²) in [5.41, 5.74) is 7.51. The summed E-state index contributed by atoms with van der Waals surface area (Å²) in [6.45, 7) is -0.00702. The van der Waals surface area contributed by atoms with E-state index in [9.17, 15) is 10.1 Å². The summed E-state index contributed by atoms with van der Waals surface area (Å²) in [6, 6.07) is 3.76. The number of ether oxygens (including phenoxy) is 6. The van der Waals surface area contributed by atoms with Crippen LogP contribution in [0.4, 0.5) is 0 Å². The minimum atomic E-state index is -0.768. The molecule has 0 bridgehead atoms. The molecule has 2 aliphatic heterocycles. The summed E-state index contributed by atoms with van der Waals surface area (Å²) in [4.78, 5) is 11.9. The van der Waals surface area contributed by atoms with Crippen LogP contribution in [0.2, 0.25) is 0 Å². The molecule has 30 heavy (non-hydrogen) atoms. The second-order valence-electron chi connectivity index (χ2n) is 6.36. The smallest absolute Gasteiger partial charge is 0.311 e. The number of carbonyl (C=O) groups is 1. The van der Waals surface area contributed by atoms with Crippen molar-refractivity contribution in [2.45, 2.75) is 12.3 Å². The number of hydrogen-bond acceptors (Lipinski definition) is 10. The molecule has 0 spiro atoms. The van der Waals surface area contributed by atoms with Crippen molar-refractivity contribution >= 4 is 5.97 Å². The van der Waals surface area contributed by atoms with Gasteiger partial charge in [0, 0.05) is 5.56 Å². The van der Waals surface area contributed by atoms with Crippen LogP contribution in [0.3, 0.4) is 0 Å². The summed E-state index contributed by atoms with van der Waals surface area (Å²) in [7, 11) is 4.24. The van der Waals surface area contributed by atoms with Gasteiger partial charge in [0.1, 0.15) is 11.6 Å². The van der Waals surface area contributed by atoms with Crippen LogP contribution in [0.1, 0.15) is 22.7 Å². The zero-order chi connectivity index (χ0) is 21.4. The number of esters is 1. The van der Waals surface area contributed by atoms with E-state index in [1.165, 1.54) is 21.3 Å². The van der Waals surface area contributed by atoms with Gasteiger partial charge in [0.25, 0.3) is 0 Å². The van der Waals surface area contributed by atoms with Crippen LogP contribution < -0.4 is 29.4 Å². The predicted octanol–water partition coefficient (Wildman–Crippen LogP) is 1.09. The highest BCUT2D eigenvalue weighted by Crippen LogP contribution is 2.55. The lowest BCUT2D eigenvalue weighted by molar-refractivity contribution is -0.139. The number of aromatic amines is 1. The molecule has 0 fully saturated rings. The number of hydrogen-bond donors (Lipinski definition) is 2. The summed E-state index contributed by atoms with van der Waals surface area (Å²) in [5.74, 6) is 0.245. The minimum absolute atomic E-state index is 0.00702. The molecule has 2 aromatic rings. The van der Waals surface area contributed by atoms with E-state index in [0.717, 1.165) is 0 Å². The number of allylic oxidation sites excluding steroid dienone is 1. The first-order chi connectivity index (χ1) is 14.5. The maximum Gasteiger partial charge on any atom is 0.311 e. The van der Waals surface area contributed by atoms with Gasteiger partial charge in [-0.15, -0.1) is 5.10 Å². The Bertz CT molecular complexity index is 1100. The van der Waals surface area contributed by atoms with Gasteiger partial charge >= 0.3 is 5.97 Å². The van der Waals surface area contributed by atoms with Crippen molar-refractivity contribution in [3.8, 4) is 34.9 Å². The van der Waals surface area contributed by atoms with E-state index >= 15 is 0 Å². The number of rotatable bonds is 5. The quantitative estimate of drug-likeness (QED) is 0.680. The number of aromatic nitrogens is 2. The van der Waals surface area contributed by atoms with E-state index < -0.39 is 11.9 Å². The Labute approximate surface area is 170 Å². The summed E-state index contributed by atoms with van der Waals surface area (Å²) >= 11 is 0. The Morgan fingerprint density at radius 3 is 2.77 bits per heavy atom. The van der Waals surface area contributed by atoms with Crippen LogP contribution in [0.25, 0.3) is 0 Å². The summed E-state index contributed by atoms with van der Waals surface area (Å²) < 4.78 is 32.4. The fourth-order valence-electron chi connectivity index (χ4n) is 3.58. The fourth-order valence-corrected chi connectivity index (χ4v) is 3.58. The van der Waals surface area contributed by atoms with Gasteiger partial charge in [0.05, 0.1) is 44.9 Å². The molecule has 1 aromatic heterocycles. The van der Waals surface area contributed by atoms with Crippen molar-refractivity contribution in [3.63, 3.8) is 0 Å². The lowest BCUT2D eigenvalue weighted by Gasteiger charge is -2.26. The zero-order valence-corrected chi connectivity index (χ0v) is 16.4. The Balaban J connectivity index is 1.98. The summed E-state index contributed by atoms with van der Waals surface area (Å²) in [5, 5.41) is 16.7. The molecular formula is C19H18N4O7. The SMILES string of the molecule is COC(=O)Cc1[nH]nc2c1C(c1cc(OC)c3c(c1OC)OCO3)C(C#N)=C(N)O2. The van der Waals surface area contributed by atoms with Crippen LogP contribution in [0, 0.1) is 11.3 Å². The molecule has 1 atom stereocenters. The van der Waals surface area contributed by atoms with Crippen molar-refractivity contribution in [2.75, 3.05) is 28.1 Å². The molecule has 0 saturated carbocycles. The number of nitriles is 1. The first kappa shape index (κ1) is 19.3. The Hall–Kier alpha value is -4.07. The summed E-state index contributed by atoms with van der Waals surface area (Å²) in [6.07, 6.45) is -0.110. The third-order valence-corrected chi connectivity index (χ3v) is 4.89. The monoisotopic (exact) mass is 414 g/mol. The van der Waals surface area contributed by atoms with Gasteiger partial charge < -0.3 is 34.2 Å². The van der Waals surface area contributed by atoms with E-state index in [1.54, 1.807) is 6.07 Å². The second-order valence-corrected chi connectivity index (χ2v) is 6.36. The molecule has 4 rings (SSSR count). The van der Waals surface area contributed by atoms with E-state index in [4.69, 9.17) is 34.2 Å². The molecule has 11 nitrogen and oxygen atoms in total. The maximum atomic E-state index is 11.9. The van der Waals surface area contributed by atoms with Crippen LogP contribution in [0.15, 0.2) is 17.5 Å². The van der Waals surface area contributed by atoms with Gasteiger partial charge in [0.2, 0.25) is 30.1 Å². The highest BCUT2D eigenvalue weighted by molar-refractivity contribution is 5.74. The number of carbonyl (C=O) groups excluding carboxylic acids is 1. The van der Waals surface area contributed by atoms with Gasteiger partial charge in [-0.2, -0.15) is 5.26 Å². The second kappa shape index (κ2) is 7.40. The largest absolute Gasteiger partial charge is 0.493 e. The molecule has 1 unspecified atom stereocenters. The van der Waals surface area contributed by atoms with Crippen molar-refractivity contribution in [1.82, 2.24) is 10.2 Å². The lowest BCUT2D eigenvalue weighted by Crippen LogP contribution is -2.22. The topological polar surface area (TPSA) is 151 Å². The minimum Gasteiger partial charge on any atom is -0.493 e. The average Bonchev–Trinajstić information content (AvgIpc) is 3.39. The number of benzene rings is 1. The number of H-pyrrole nitrogens is 1. The van der Waals surface area contributed by atoms with Crippen molar-refractivity contribution in [1.29, 1.82) is 5.26 Å². The third-order valence-electron chi connectivity index (χ3n) is 4.89. The Morgan fingerprint density at radius 1 is 1.33 bits per heavy atom. The molecule has 156 valence electrons. The molecule has 0 aliphatic carbocycles. The molecule has 1 aromatic carbocycles. The van der Waals surface area contributed by atoms with Crippen molar-refractivity contribution in [2.24, 2.45) is 5.73 Å². The van der Waals surface area contributed by atoms with Crippen molar-refractivity contribution < 1.29 is 33.2 Å². The van der Waals surface area contributed by atoms with Crippen LogP contribution in [0.5, 0.6) is 28.9 Å². The average molecular weight is 414 g/mol. The molecule has 2 aliphatic rings. The van der Waals surface area contributed by atoms with Crippen LogP contribution in [-0.4, -0.2) is 44.3 Å². The molecule has 3 N–H and O–H groups in total. The number of fused-ring (bicyclic) bond motifs is 2.